The Morgan fingerprint density at radius 3 is 2.40 bits per heavy atom. The minimum absolute atomic E-state index is 0.0800. The average Bonchev–Trinajstić information content (AvgIpc) is 3.32. The first kappa shape index (κ1) is 13.1. The van der Waals surface area contributed by atoms with E-state index >= 15 is 0 Å². The number of carbonyl (C=O) groups excluding carboxylic acids is 2. The summed E-state index contributed by atoms with van der Waals surface area (Å²) in [5, 5.41) is 5.72. The molecule has 0 unspecified atom stereocenters. The van der Waals surface area contributed by atoms with Gasteiger partial charge in [-0.3, -0.25) is 9.59 Å². The van der Waals surface area contributed by atoms with E-state index in [4.69, 9.17) is 5.73 Å². The quantitative estimate of drug-likeness (QED) is 0.752. The second-order valence-corrected chi connectivity index (χ2v) is 5.80. The molecule has 106 valence electrons. The molecule has 0 radical (unpaired) electrons. The number of amides is 2. The van der Waals surface area contributed by atoms with Gasteiger partial charge in [-0.25, -0.2) is 0 Å². The number of nitrogens with two attached hydrogens (primary N) is 1. The zero-order valence-electron chi connectivity index (χ0n) is 11.3. The highest BCUT2D eigenvalue weighted by molar-refractivity contribution is 5.94. The van der Waals surface area contributed by atoms with Gasteiger partial charge >= 0.3 is 0 Å². The second kappa shape index (κ2) is 4.90. The molecule has 2 aliphatic carbocycles. The van der Waals surface area contributed by atoms with Gasteiger partial charge in [-0.05, 0) is 43.4 Å². The summed E-state index contributed by atoms with van der Waals surface area (Å²) in [5.41, 5.74) is 6.97. The molecular weight excluding hydrogens is 254 g/mol. The summed E-state index contributed by atoms with van der Waals surface area (Å²) in [5.74, 6) is 0.224. The van der Waals surface area contributed by atoms with Gasteiger partial charge in [0.05, 0.1) is 5.54 Å². The van der Waals surface area contributed by atoms with E-state index in [2.05, 4.69) is 10.6 Å². The van der Waals surface area contributed by atoms with Gasteiger partial charge in [0.15, 0.2) is 0 Å². The Hall–Kier alpha value is -1.88. The van der Waals surface area contributed by atoms with Crippen LogP contribution in [-0.2, 0) is 16.1 Å². The lowest BCUT2D eigenvalue weighted by atomic mass is 10.2. The molecule has 0 bridgehead atoms. The molecule has 0 atom stereocenters. The van der Waals surface area contributed by atoms with Gasteiger partial charge in [-0.2, -0.15) is 0 Å². The van der Waals surface area contributed by atoms with Crippen LogP contribution in [-0.4, -0.2) is 17.4 Å². The first-order valence-electron chi connectivity index (χ1n) is 7.04. The normalized spacial score (nSPS) is 19.2. The number of hydrogen-bond acceptors (Lipinski definition) is 3. The van der Waals surface area contributed by atoms with Crippen LogP contribution in [0.4, 0.5) is 5.69 Å². The van der Waals surface area contributed by atoms with Gasteiger partial charge in [0, 0.05) is 18.2 Å². The molecule has 0 aromatic heterocycles. The first-order valence-corrected chi connectivity index (χ1v) is 7.04. The Labute approximate surface area is 117 Å². The Morgan fingerprint density at radius 1 is 1.20 bits per heavy atom. The molecule has 2 fully saturated rings. The summed E-state index contributed by atoms with van der Waals surface area (Å²) in [6.07, 6.45) is 3.53. The number of anilines is 1. The molecule has 4 N–H and O–H groups in total. The SMILES string of the molecule is NC1(C(=O)NCc2ccc(NC(=O)C3CC3)cc2)CC1. The van der Waals surface area contributed by atoms with Gasteiger partial charge < -0.3 is 16.4 Å². The number of nitrogens with one attached hydrogen (secondary N) is 2. The number of hydrogen-bond donors (Lipinski definition) is 3. The molecule has 2 amide bonds. The molecule has 0 heterocycles. The minimum Gasteiger partial charge on any atom is -0.350 e. The van der Waals surface area contributed by atoms with E-state index < -0.39 is 5.54 Å². The van der Waals surface area contributed by atoms with Crippen LogP contribution in [0.15, 0.2) is 24.3 Å². The van der Waals surface area contributed by atoms with Crippen LogP contribution in [0.5, 0.6) is 0 Å². The molecule has 0 spiro atoms. The first-order chi connectivity index (χ1) is 9.57. The fraction of sp³-hybridized carbons (Fsp3) is 0.467. The van der Waals surface area contributed by atoms with Crippen LogP contribution in [0.25, 0.3) is 0 Å². The molecule has 1 aromatic carbocycles. The van der Waals surface area contributed by atoms with Crippen molar-refractivity contribution in [1.29, 1.82) is 0 Å². The third kappa shape index (κ3) is 2.99. The van der Waals surface area contributed by atoms with Gasteiger partial charge in [0.1, 0.15) is 0 Å². The molecule has 0 aliphatic heterocycles. The maximum absolute atomic E-state index is 11.7. The molecular formula is C15H19N3O2. The van der Waals surface area contributed by atoms with Gasteiger partial charge in [0.25, 0.3) is 0 Å². The van der Waals surface area contributed by atoms with Gasteiger partial charge in [-0.15, -0.1) is 0 Å². The Balaban J connectivity index is 1.50. The highest BCUT2D eigenvalue weighted by Gasteiger charge is 2.45. The maximum atomic E-state index is 11.7. The monoisotopic (exact) mass is 273 g/mol. The summed E-state index contributed by atoms with van der Waals surface area (Å²) in [4.78, 5) is 23.3. The van der Waals surface area contributed by atoms with Crippen molar-refractivity contribution in [3.05, 3.63) is 29.8 Å². The molecule has 1 aromatic rings. The smallest absolute Gasteiger partial charge is 0.240 e. The number of rotatable bonds is 5. The largest absolute Gasteiger partial charge is 0.350 e. The average molecular weight is 273 g/mol. The van der Waals surface area contributed by atoms with E-state index in [9.17, 15) is 9.59 Å². The van der Waals surface area contributed by atoms with Crippen molar-refractivity contribution in [2.24, 2.45) is 11.7 Å². The number of benzene rings is 1. The summed E-state index contributed by atoms with van der Waals surface area (Å²) in [7, 11) is 0. The highest BCUT2D eigenvalue weighted by Crippen LogP contribution is 2.32. The summed E-state index contributed by atoms with van der Waals surface area (Å²) in [6.45, 7) is 0.467. The topological polar surface area (TPSA) is 84.2 Å². The maximum Gasteiger partial charge on any atom is 0.240 e. The van der Waals surface area contributed by atoms with E-state index in [-0.39, 0.29) is 17.7 Å². The van der Waals surface area contributed by atoms with Gasteiger partial charge in [-0.1, -0.05) is 12.1 Å². The van der Waals surface area contributed by atoms with Crippen LogP contribution in [0.3, 0.4) is 0 Å². The fourth-order valence-electron chi connectivity index (χ4n) is 2.02. The standard InChI is InChI=1S/C15H19N3O2/c16-15(7-8-15)14(20)17-9-10-1-5-12(6-2-10)18-13(19)11-3-4-11/h1-2,5-6,11H,3-4,7-9,16H2,(H,17,20)(H,18,19). The molecule has 5 nitrogen and oxygen atoms in total. The van der Waals surface area contributed by atoms with Crippen LogP contribution in [0.2, 0.25) is 0 Å². The van der Waals surface area contributed by atoms with Crippen LogP contribution >= 0.6 is 0 Å². The highest BCUT2D eigenvalue weighted by atomic mass is 16.2. The lowest BCUT2D eigenvalue weighted by Crippen LogP contribution is -2.42. The Kier molecular flexibility index (Phi) is 3.22. The van der Waals surface area contributed by atoms with Crippen molar-refractivity contribution >= 4 is 17.5 Å². The Bertz CT molecular complexity index is 531. The molecule has 2 aliphatic rings. The summed E-state index contributed by atoms with van der Waals surface area (Å²) in [6, 6.07) is 7.52. The van der Waals surface area contributed by atoms with E-state index in [0.29, 0.717) is 6.54 Å². The van der Waals surface area contributed by atoms with Crippen molar-refractivity contribution in [3.8, 4) is 0 Å². The van der Waals surface area contributed by atoms with Crippen molar-refractivity contribution in [2.75, 3.05) is 5.32 Å². The summed E-state index contributed by atoms with van der Waals surface area (Å²) < 4.78 is 0. The second-order valence-electron chi connectivity index (χ2n) is 5.80. The third-order valence-electron chi connectivity index (χ3n) is 3.86. The minimum atomic E-state index is -0.627. The van der Waals surface area contributed by atoms with Crippen molar-refractivity contribution in [1.82, 2.24) is 5.32 Å². The predicted octanol–water partition coefficient (Wildman–Crippen LogP) is 1.14. The van der Waals surface area contributed by atoms with Crippen molar-refractivity contribution in [2.45, 2.75) is 37.8 Å². The molecule has 5 heteroatoms. The Morgan fingerprint density at radius 2 is 1.85 bits per heavy atom. The van der Waals surface area contributed by atoms with Crippen LogP contribution in [0, 0.1) is 5.92 Å². The van der Waals surface area contributed by atoms with Crippen LogP contribution in [0.1, 0.15) is 31.2 Å². The van der Waals surface area contributed by atoms with E-state index in [1.165, 1.54) is 0 Å². The fourth-order valence-corrected chi connectivity index (χ4v) is 2.02. The molecule has 0 saturated heterocycles. The van der Waals surface area contributed by atoms with Crippen molar-refractivity contribution < 1.29 is 9.59 Å². The predicted molar refractivity (Wildman–Crippen MR) is 75.8 cm³/mol. The molecule has 3 rings (SSSR count). The molecule has 20 heavy (non-hydrogen) atoms. The zero-order valence-corrected chi connectivity index (χ0v) is 11.3. The molecule has 2 saturated carbocycles. The third-order valence-corrected chi connectivity index (χ3v) is 3.86. The summed E-state index contributed by atoms with van der Waals surface area (Å²) >= 11 is 0. The van der Waals surface area contributed by atoms with Crippen molar-refractivity contribution in [3.63, 3.8) is 0 Å². The lowest BCUT2D eigenvalue weighted by molar-refractivity contribution is -0.123. The number of carbonyl (C=O) groups is 2. The van der Waals surface area contributed by atoms with Crippen LogP contribution < -0.4 is 16.4 Å². The van der Waals surface area contributed by atoms with Gasteiger partial charge in [0.2, 0.25) is 11.8 Å². The van der Waals surface area contributed by atoms with E-state index in [1.54, 1.807) is 0 Å². The van der Waals surface area contributed by atoms with E-state index in [0.717, 1.165) is 36.9 Å². The zero-order chi connectivity index (χ0) is 14.2. The van der Waals surface area contributed by atoms with E-state index in [1.807, 2.05) is 24.3 Å². The lowest BCUT2D eigenvalue weighted by Gasteiger charge is -2.10.